The standard InChI is InChI=1S/C13H19ClN2O/c1-13(2,3)8-11(12(15)17)16-10-6-4-9(14)5-7-10/h4-7,11,16H,8H2,1-3H3,(H2,15,17). The highest BCUT2D eigenvalue weighted by molar-refractivity contribution is 6.30. The van der Waals surface area contributed by atoms with Crippen LogP contribution < -0.4 is 11.1 Å². The van der Waals surface area contributed by atoms with Crippen LogP contribution in [0.15, 0.2) is 24.3 Å². The minimum absolute atomic E-state index is 0.0408. The van der Waals surface area contributed by atoms with E-state index in [9.17, 15) is 4.79 Å². The highest BCUT2D eigenvalue weighted by atomic mass is 35.5. The van der Waals surface area contributed by atoms with Crippen LogP contribution in [0.25, 0.3) is 0 Å². The second-order valence-corrected chi connectivity index (χ2v) is 5.81. The number of benzene rings is 1. The average molecular weight is 255 g/mol. The molecule has 17 heavy (non-hydrogen) atoms. The summed E-state index contributed by atoms with van der Waals surface area (Å²) in [5.74, 6) is -0.338. The largest absolute Gasteiger partial charge is 0.374 e. The van der Waals surface area contributed by atoms with Gasteiger partial charge in [0.15, 0.2) is 0 Å². The molecular weight excluding hydrogens is 236 g/mol. The quantitative estimate of drug-likeness (QED) is 0.868. The van der Waals surface area contributed by atoms with E-state index in [0.29, 0.717) is 11.4 Å². The van der Waals surface area contributed by atoms with Crippen LogP contribution in [0.5, 0.6) is 0 Å². The number of primary amides is 1. The molecule has 0 aliphatic rings. The smallest absolute Gasteiger partial charge is 0.239 e. The van der Waals surface area contributed by atoms with Crippen molar-refractivity contribution in [3.05, 3.63) is 29.3 Å². The number of nitrogens with two attached hydrogens (primary N) is 1. The van der Waals surface area contributed by atoms with Crippen LogP contribution in [-0.4, -0.2) is 11.9 Å². The maximum absolute atomic E-state index is 11.4. The molecule has 0 spiro atoms. The Bertz CT molecular complexity index is 381. The molecule has 1 aromatic carbocycles. The minimum atomic E-state index is -0.365. The van der Waals surface area contributed by atoms with Gasteiger partial charge in [0.25, 0.3) is 0 Å². The Morgan fingerprint density at radius 1 is 1.35 bits per heavy atom. The molecule has 4 heteroatoms. The van der Waals surface area contributed by atoms with Crippen molar-refractivity contribution >= 4 is 23.2 Å². The molecule has 0 heterocycles. The molecule has 94 valence electrons. The number of amides is 1. The Balaban J connectivity index is 2.73. The van der Waals surface area contributed by atoms with Gasteiger partial charge in [-0.1, -0.05) is 32.4 Å². The number of nitrogens with one attached hydrogen (secondary N) is 1. The van der Waals surface area contributed by atoms with Crippen molar-refractivity contribution in [1.29, 1.82) is 0 Å². The van der Waals surface area contributed by atoms with Gasteiger partial charge in [-0.3, -0.25) is 4.79 Å². The lowest BCUT2D eigenvalue weighted by Gasteiger charge is -2.25. The van der Waals surface area contributed by atoms with Crippen LogP contribution >= 0.6 is 11.6 Å². The van der Waals surface area contributed by atoms with E-state index >= 15 is 0 Å². The van der Waals surface area contributed by atoms with E-state index < -0.39 is 0 Å². The number of anilines is 1. The number of carbonyl (C=O) groups excluding carboxylic acids is 1. The molecule has 0 saturated heterocycles. The summed E-state index contributed by atoms with van der Waals surface area (Å²) in [6.45, 7) is 6.23. The van der Waals surface area contributed by atoms with Crippen molar-refractivity contribution in [2.75, 3.05) is 5.32 Å². The molecule has 0 radical (unpaired) electrons. The van der Waals surface area contributed by atoms with Crippen LogP contribution in [0.1, 0.15) is 27.2 Å². The van der Waals surface area contributed by atoms with Gasteiger partial charge in [-0.15, -0.1) is 0 Å². The molecule has 0 aliphatic heterocycles. The molecule has 0 fully saturated rings. The molecule has 1 unspecified atom stereocenters. The van der Waals surface area contributed by atoms with E-state index in [4.69, 9.17) is 17.3 Å². The van der Waals surface area contributed by atoms with Gasteiger partial charge in [-0.2, -0.15) is 0 Å². The SMILES string of the molecule is CC(C)(C)CC(Nc1ccc(Cl)cc1)C(N)=O. The van der Waals surface area contributed by atoms with Crippen LogP contribution in [0.3, 0.4) is 0 Å². The van der Waals surface area contributed by atoms with Crippen molar-refractivity contribution in [2.45, 2.75) is 33.2 Å². The first-order valence-corrected chi connectivity index (χ1v) is 5.97. The third-order valence-corrected chi connectivity index (χ3v) is 2.60. The zero-order chi connectivity index (χ0) is 13.1. The fourth-order valence-electron chi connectivity index (χ4n) is 1.58. The van der Waals surface area contributed by atoms with E-state index in [2.05, 4.69) is 26.1 Å². The first-order valence-electron chi connectivity index (χ1n) is 5.59. The van der Waals surface area contributed by atoms with Crippen molar-refractivity contribution in [1.82, 2.24) is 0 Å². The lowest BCUT2D eigenvalue weighted by atomic mass is 9.88. The van der Waals surface area contributed by atoms with E-state index in [0.717, 1.165) is 5.69 Å². The van der Waals surface area contributed by atoms with Gasteiger partial charge >= 0.3 is 0 Å². The van der Waals surface area contributed by atoms with Crippen molar-refractivity contribution in [3.63, 3.8) is 0 Å². The number of hydrogen-bond donors (Lipinski definition) is 2. The maximum atomic E-state index is 11.4. The molecule has 0 aliphatic carbocycles. The predicted molar refractivity (Wildman–Crippen MR) is 72.1 cm³/mol. The van der Waals surface area contributed by atoms with E-state index in [1.54, 1.807) is 12.1 Å². The highest BCUT2D eigenvalue weighted by Gasteiger charge is 2.22. The molecular formula is C13H19ClN2O. The summed E-state index contributed by atoms with van der Waals surface area (Å²) < 4.78 is 0. The molecule has 1 amide bonds. The number of rotatable bonds is 4. The number of halogens is 1. The second kappa shape index (κ2) is 5.41. The lowest BCUT2D eigenvalue weighted by molar-refractivity contribution is -0.119. The lowest BCUT2D eigenvalue weighted by Crippen LogP contribution is -2.38. The Labute approximate surface area is 107 Å². The van der Waals surface area contributed by atoms with Crippen LogP contribution in [-0.2, 0) is 4.79 Å². The Kier molecular flexibility index (Phi) is 4.40. The maximum Gasteiger partial charge on any atom is 0.239 e. The van der Waals surface area contributed by atoms with E-state index in [1.807, 2.05) is 12.1 Å². The fraction of sp³-hybridized carbons (Fsp3) is 0.462. The molecule has 1 atom stereocenters. The first-order chi connectivity index (χ1) is 7.78. The molecule has 1 aromatic rings. The number of carbonyl (C=O) groups is 1. The molecule has 1 rings (SSSR count). The zero-order valence-electron chi connectivity index (χ0n) is 10.5. The average Bonchev–Trinajstić information content (AvgIpc) is 2.18. The van der Waals surface area contributed by atoms with Crippen LogP contribution in [0, 0.1) is 5.41 Å². The molecule has 0 saturated carbocycles. The Morgan fingerprint density at radius 3 is 2.29 bits per heavy atom. The van der Waals surface area contributed by atoms with Gasteiger partial charge in [0.2, 0.25) is 5.91 Å². The van der Waals surface area contributed by atoms with Crippen molar-refractivity contribution in [3.8, 4) is 0 Å². The summed E-state index contributed by atoms with van der Waals surface area (Å²) in [6, 6.07) is 6.86. The third kappa shape index (κ3) is 5.09. The Morgan fingerprint density at radius 2 is 1.88 bits per heavy atom. The van der Waals surface area contributed by atoms with Gasteiger partial charge < -0.3 is 11.1 Å². The third-order valence-electron chi connectivity index (χ3n) is 2.35. The predicted octanol–water partition coefficient (Wildman–Crippen LogP) is 3.04. The van der Waals surface area contributed by atoms with Gasteiger partial charge in [0.1, 0.15) is 6.04 Å². The normalized spacial score (nSPS) is 13.2. The topological polar surface area (TPSA) is 55.1 Å². The summed E-state index contributed by atoms with van der Waals surface area (Å²) in [5, 5.41) is 3.80. The highest BCUT2D eigenvalue weighted by Crippen LogP contribution is 2.23. The molecule has 0 bridgehead atoms. The summed E-state index contributed by atoms with van der Waals surface area (Å²) in [6.07, 6.45) is 0.685. The van der Waals surface area contributed by atoms with Gasteiger partial charge in [-0.25, -0.2) is 0 Å². The van der Waals surface area contributed by atoms with Crippen molar-refractivity contribution < 1.29 is 4.79 Å². The monoisotopic (exact) mass is 254 g/mol. The summed E-state index contributed by atoms with van der Waals surface area (Å²) >= 11 is 5.80. The van der Waals surface area contributed by atoms with Crippen molar-refractivity contribution in [2.24, 2.45) is 11.1 Å². The van der Waals surface area contributed by atoms with Crippen LogP contribution in [0.2, 0.25) is 5.02 Å². The fourth-order valence-corrected chi connectivity index (χ4v) is 1.71. The second-order valence-electron chi connectivity index (χ2n) is 5.37. The van der Waals surface area contributed by atoms with Gasteiger partial charge in [0, 0.05) is 10.7 Å². The van der Waals surface area contributed by atoms with Gasteiger partial charge in [-0.05, 0) is 36.1 Å². The Hall–Kier alpha value is -1.22. The van der Waals surface area contributed by atoms with Crippen LogP contribution in [0.4, 0.5) is 5.69 Å². The molecule has 0 aromatic heterocycles. The minimum Gasteiger partial charge on any atom is -0.374 e. The van der Waals surface area contributed by atoms with E-state index in [-0.39, 0.29) is 17.4 Å². The van der Waals surface area contributed by atoms with Gasteiger partial charge in [0.05, 0.1) is 0 Å². The summed E-state index contributed by atoms with van der Waals surface area (Å²) in [5.41, 5.74) is 6.28. The molecule has 3 N–H and O–H groups in total. The summed E-state index contributed by atoms with van der Waals surface area (Å²) in [7, 11) is 0. The zero-order valence-corrected chi connectivity index (χ0v) is 11.2. The summed E-state index contributed by atoms with van der Waals surface area (Å²) in [4.78, 5) is 11.4. The number of hydrogen-bond acceptors (Lipinski definition) is 2. The van der Waals surface area contributed by atoms with E-state index in [1.165, 1.54) is 0 Å². The molecule has 3 nitrogen and oxygen atoms in total. The first kappa shape index (κ1) is 13.8.